The van der Waals surface area contributed by atoms with Crippen LogP contribution < -0.4 is 15.4 Å². The molecule has 0 unspecified atom stereocenters. The number of nitrogens with one attached hydrogen (secondary N) is 2. The van der Waals surface area contributed by atoms with Gasteiger partial charge < -0.3 is 25.0 Å². The summed E-state index contributed by atoms with van der Waals surface area (Å²) in [4.78, 5) is 22.1. The highest BCUT2D eigenvalue weighted by Gasteiger charge is 2.22. The first-order valence-electron chi connectivity index (χ1n) is 9.35. The second kappa shape index (κ2) is 8.58. The summed E-state index contributed by atoms with van der Waals surface area (Å²) in [7, 11) is 0. The molecule has 1 saturated heterocycles. The number of nitriles is 1. The fourth-order valence-corrected chi connectivity index (χ4v) is 3.09. The largest absolute Gasteiger partial charge is 0.437 e. The van der Waals surface area contributed by atoms with Crippen molar-refractivity contribution in [3.05, 3.63) is 48.1 Å². The van der Waals surface area contributed by atoms with Crippen LogP contribution in [0.5, 0.6) is 5.75 Å². The Balaban J connectivity index is 1.39. The number of ether oxygens (including phenoxy) is 2. The quantitative estimate of drug-likeness (QED) is 0.566. The molecule has 29 heavy (non-hydrogen) atoms. The van der Waals surface area contributed by atoms with Gasteiger partial charge in [-0.2, -0.15) is 5.26 Å². The summed E-state index contributed by atoms with van der Waals surface area (Å²) in [5.41, 5.74) is 1.56. The Bertz CT molecular complexity index is 957. The van der Waals surface area contributed by atoms with E-state index in [1.807, 2.05) is 24.3 Å². The van der Waals surface area contributed by atoms with E-state index in [1.165, 1.54) is 0 Å². The van der Waals surface area contributed by atoms with Crippen LogP contribution in [0.4, 0.5) is 11.6 Å². The Labute approximate surface area is 168 Å². The summed E-state index contributed by atoms with van der Waals surface area (Å²) in [5.74, 6) is 1.45. The first-order valence-corrected chi connectivity index (χ1v) is 9.35. The number of anilines is 2. The lowest BCUT2D eigenvalue weighted by Crippen LogP contribution is -2.42. The number of rotatable bonds is 6. The van der Waals surface area contributed by atoms with E-state index in [0.29, 0.717) is 55.1 Å². The average Bonchev–Trinajstić information content (AvgIpc) is 3.17. The third kappa shape index (κ3) is 4.28. The highest BCUT2D eigenvalue weighted by molar-refractivity contribution is 5.81. The van der Waals surface area contributed by atoms with E-state index >= 15 is 0 Å². The van der Waals surface area contributed by atoms with Gasteiger partial charge in [0.05, 0.1) is 18.0 Å². The van der Waals surface area contributed by atoms with Crippen molar-refractivity contribution in [2.45, 2.75) is 6.42 Å². The number of benzene rings is 1. The molecule has 9 heteroatoms. The summed E-state index contributed by atoms with van der Waals surface area (Å²) in [6, 6.07) is 11.3. The van der Waals surface area contributed by atoms with Gasteiger partial charge in [0.1, 0.15) is 18.2 Å². The molecule has 2 aliphatic heterocycles. The topological polar surface area (TPSA) is 112 Å². The van der Waals surface area contributed by atoms with Gasteiger partial charge in [0.2, 0.25) is 17.7 Å². The fourth-order valence-electron chi connectivity index (χ4n) is 3.09. The Morgan fingerprint density at radius 3 is 3.07 bits per heavy atom. The third-order valence-electron chi connectivity index (χ3n) is 4.57. The summed E-state index contributed by atoms with van der Waals surface area (Å²) in [6.45, 7) is 2.62. The van der Waals surface area contributed by atoms with Gasteiger partial charge in [0, 0.05) is 25.8 Å². The van der Waals surface area contributed by atoms with Crippen molar-refractivity contribution in [2.24, 2.45) is 0 Å². The zero-order valence-electron chi connectivity index (χ0n) is 15.7. The van der Waals surface area contributed by atoms with Gasteiger partial charge in [0.15, 0.2) is 5.75 Å². The van der Waals surface area contributed by atoms with Crippen molar-refractivity contribution in [3.8, 4) is 11.8 Å². The molecule has 0 bridgehead atoms. The molecule has 0 aliphatic carbocycles. The lowest BCUT2D eigenvalue weighted by atomic mass is 10.2. The fraction of sp³-hybridized carbons (Fsp3) is 0.300. The Morgan fingerprint density at radius 2 is 2.24 bits per heavy atom. The van der Waals surface area contributed by atoms with E-state index in [4.69, 9.17) is 9.47 Å². The summed E-state index contributed by atoms with van der Waals surface area (Å²) < 4.78 is 10.9. The van der Waals surface area contributed by atoms with Crippen LogP contribution in [0.1, 0.15) is 12.1 Å². The Hall–Kier alpha value is -3.64. The highest BCUT2D eigenvalue weighted by Crippen LogP contribution is 2.35. The second-order valence-corrected chi connectivity index (χ2v) is 6.52. The van der Waals surface area contributed by atoms with Crippen LogP contribution in [0.2, 0.25) is 0 Å². The summed E-state index contributed by atoms with van der Waals surface area (Å²) in [6.07, 6.45) is 2.35. The lowest BCUT2D eigenvalue weighted by molar-refractivity contribution is -0.142. The zero-order chi connectivity index (χ0) is 20.1. The molecule has 1 fully saturated rings. The monoisotopic (exact) mass is 392 g/mol. The van der Waals surface area contributed by atoms with Crippen LogP contribution in [0, 0.1) is 11.3 Å². The van der Waals surface area contributed by atoms with Crippen LogP contribution in [-0.4, -0.2) is 53.6 Å². The molecule has 0 radical (unpaired) electrons. The molecule has 1 aromatic carbocycles. The first-order chi connectivity index (χ1) is 14.2. The number of hydrogen-bond acceptors (Lipinski definition) is 8. The minimum Gasteiger partial charge on any atom is -0.437 e. The van der Waals surface area contributed by atoms with Gasteiger partial charge >= 0.3 is 0 Å². The van der Waals surface area contributed by atoms with Gasteiger partial charge in [-0.25, -0.2) is 9.97 Å². The number of fused-ring (bicyclic) bond motifs is 1. The minimum absolute atomic E-state index is 0.0184. The molecular weight excluding hydrogens is 372 g/mol. The van der Waals surface area contributed by atoms with Crippen molar-refractivity contribution in [1.29, 1.82) is 5.26 Å². The predicted octanol–water partition coefficient (Wildman–Crippen LogP) is 1.83. The molecule has 4 rings (SSSR count). The number of aromatic nitrogens is 2. The number of amides is 1. The number of hydrogen-bond donors (Lipinski definition) is 2. The van der Waals surface area contributed by atoms with Crippen molar-refractivity contribution < 1.29 is 14.3 Å². The Kier molecular flexibility index (Phi) is 5.54. The van der Waals surface area contributed by atoms with Crippen molar-refractivity contribution in [1.82, 2.24) is 14.9 Å². The third-order valence-corrected chi connectivity index (χ3v) is 4.57. The van der Waals surface area contributed by atoms with Crippen LogP contribution in [0.15, 0.2) is 42.4 Å². The first kappa shape index (κ1) is 18.7. The number of para-hydroxylation sites is 2. The maximum atomic E-state index is 11.7. The molecule has 1 amide bonds. The number of nitrogens with zero attached hydrogens (tertiary/aromatic N) is 4. The van der Waals surface area contributed by atoms with Gasteiger partial charge in [-0.05, 0) is 24.6 Å². The molecule has 9 nitrogen and oxygen atoms in total. The highest BCUT2D eigenvalue weighted by atomic mass is 16.5. The van der Waals surface area contributed by atoms with Gasteiger partial charge in [0.25, 0.3) is 0 Å². The van der Waals surface area contributed by atoms with Crippen LogP contribution >= 0.6 is 0 Å². The molecule has 1 aromatic heterocycles. The normalized spacial score (nSPS) is 17.1. The van der Waals surface area contributed by atoms with E-state index in [-0.39, 0.29) is 12.5 Å². The SMILES string of the molecule is N#CC(=C1Nc2ccccc2O1)c1ccnc(NCCCN2CCOCC2=O)n1. The van der Waals surface area contributed by atoms with E-state index < -0.39 is 0 Å². The summed E-state index contributed by atoms with van der Waals surface area (Å²) in [5, 5.41) is 15.9. The van der Waals surface area contributed by atoms with Crippen LogP contribution in [0.3, 0.4) is 0 Å². The number of morpholine rings is 1. The van der Waals surface area contributed by atoms with Gasteiger partial charge in [-0.15, -0.1) is 0 Å². The predicted molar refractivity (Wildman–Crippen MR) is 106 cm³/mol. The molecule has 0 spiro atoms. The van der Waals surface area contributed by atoms with E-state index in [9.17, 15) is 10.1 Å². The van der Waals surface area contributed by atoms with Crippen LogP contribution in [-0.2, 0) is 9.53 Å². The molecule has 2 N–H and O–H groups in total. The number of carbonyl (C=O) groups is 1. The Morgan fingerprint density at radius 1 is 1.34 bits per heavy atom. The van der Waals surface area contributed by atoms with Crippen molar-refractivity contribution in [2.75, 3.05) is 43.5 Å². The van der Waals surface area contributed by atoms with E-state index in [0.717, 1.165) is 12.1 Å². The van der Waals surface area contributed by atoms with Gasteiger partial charge in [-0.1, -0.05) is 12.1 Å². The molecular formula is C20H20N6O3. The van der Waals surface area contributed by atoms with Crippen LogP contribution in [0.25, 0.3) is 5.57 Å². The van der Waals surface area contributed by atoms with Gasteiger partial charge in [-0.3, -0.25) is 4.79 Å². The number of carbonyl (C=O) groups excluding carboxylic acids is 1. The molecule has 0 atom stereocenters. The maximum absolute atomic E-state index is 11.7. The lowest BCUT2D eigenvalue weighted by Gasteiger charge is -2.26. The molecule has 2 aromatic rings. The smallest absolute Gasteiger partial charge is 0.248 e. The van der Waals surface area contributed by atoms with Crippen molar-refractivity contribution in [3.63, 3.8) is 0 Å². The molecule has 0 saturated carbocycles. The van der Waals surface area contributed by atoms with E-state index in [2.05, 4.69) is 26.7 Å². The van der Waals surface area contributed by atoms with E-state index in [1.54, 1.807) is 17.2 Å². The average molecular weight is 392 g/mol. The second-order valence-electron chi connectivity index (χ2n) is 6.52. The number of allylic oxidation sites excluding steroid dienone is 1. The van der Waals surface area contributed by atoms with Crippen molar-refractivity contribution >= 4 is 23.1 Å². The zero-order valence-corrected chi connectivity index (χ0v) is 15.7. The maximum Gasteiger partial charge on any atom is 0.248 e. The minimum atomic E-state index is 0.0184. The molecule has 148 valence electrons. The molecule has 2 aliphatic rings. The molecule has 3 heterocycles. The standard InChI is InChI=1S/C20H20N6O3/c21-12-14(19-24-16-4-1-2-5-17(16)29-19)15-6-8-23-20(25-15)22-7-3-9-26-10-11-28-13-18(26)27/h1-2,4-6,8,24H,3,7,9-11,13H2,(H,22,23,25). The summed E-state index contributed by atoms with van der Waals surface area (Å²) >= 11 is 0.